The van der Waals surface area contributed by atoms with Gasteiger partial charge in [-0.1, -0.05) is 24.6 Å². The molecule has 0 bridgehead atoms. The van der Waals surface area contributed by atoms with Gasteiger partial charge in [-0.3, -0.25) is 4.79 Å². The molecule has 0 spiro atoms. The van der Waals surface area contributed by atoms with Crippen molar-refractivity contribution in [2.24, 2.45) is 0 Å². The molecule has 1 atom stereocenters. The number of nitrogens with one attached hydrogen (secondary N) is 1. The summed E-state index contributed by atoms with van der Waals surface area (Å²) in [4.78, 5) is 11.2. The molecular formula is C12H16ClNO2. The Labute approximate surface area is 101 Å². The topological polar surface area (TPSA) is 38.3 Å². The van der Waals surface area contributed by atoms with Gasteiger partial charge in [0.25, 0.3) is 0 Å². The van der Waals surface area contributed by atoms with Gasteiger partial charge in [0.1, 0.15) is 5.75 Å². The number of benzene rings is 1. The highest BCUT2D eigenvalue weighted by Crippen LogP contribution is 2.29. The van der Waals surface area contributed by atoms with E-state index < -0.39 is 0 Å². The van der Waals surface area contributed by atoms with Crippen molar-refractivity contribution in [3.05, 3.63) is 28.8 Å². The molecule has 0 aliphatic carbocycles. The van der Waals surface area contributed by atoms with Crippen LogP contribution in [0.15, 0.2) is 18.2 Å². The van der Waals surface area contributed by atoms with Crippen LogP contribution in [-0.4, -0.2) is 20.1 Å². The molecule has 16 heavy (non-hydrogen) atoms. The van der Waals surface area contributed by atoms with E-state index in [4.69, 9.17) is 16.3 Å². The molecule has 0 aliphatic heterocycles. The summed E-state index contributed by atoms with van der Waals surface area (Å²) in [6.07, 6.45) is 0.457. The van der Waals surface area contributed by atoms with Gasteiger partial charge < -0.3 is 10.1 Å². The minimum absolute atomic E-state index is 0.0273. The fourth-order valence-electron chi connectivity index (χ4n) is 1.49. The Morgan fingerprint density at radius 2 is 2.25 bits per heavy atom. The van der Waals surface area contributed by atoms with Gasteiger partial charge in [0, 0.05) is 13.5 Å². The third-order valence-corrected chi connectivity index (χ3v) is 2.81. The third-order valence-electron chi connectivity index (χ3n) is 2.52. The van der Waals surface area contributed by atoms with Gasteiger partial charge in [0.2, 0.25) is 5.91 Å². The molecule has 1 unspecified atom stereocenters. The largest absolute Gasteiger partial charge is 0.495 e. The summed E-state index contributed by atoms with van der Waals surface area (Å²) in [6.45, 7) is 1.99. The van der Waals surface area contributed by atoms with E-state index in [2.05, 4.69) is 5.32 Å². The van der Waals surface area contributed by atoms with Gasteiger partial charge in [-0.25, -0.2) is 0 Å². The molecule has 1 N–H and O–H groups in total. The molecule has 0 aromatic heterocycles. The summed E-state index contributed by atoms with van der Waals surface area (Å²) in [5.74, 6) is 0.820. The van der Waals surface area contributed by atoms with Crippen LogP contribution in [0.5, 0.6) is 5.75 Å². The zero-order valence-corrected chi connectivity index (χ0v) is 10.5. The molecule has 0 fully saturated rings. The predicted molar refractivity (Wildman–Crippen MR) is 65.1 cm³/mol. The number of amides is 1. The standard InChI is InChI=1S/C12H16ClNO2/c1-8(6-12(15)14-2)9-4-5-11(16-3)10(13)7-9/h4-5,7-8H,6H2,1-3H3,(H,14,15). The van der Waals surface area contributed by atoms with E-state index in [-0.39, 0.29) is 11.8 Å². The second-order valence-corrected chi connectivity index (χ2v) is 4.08. The van der Waals surface area contributed by atoms with Gasteiger partial charge in [0.15, 0.2) is 0 Å². The van der Waals surface area contributed by atoms with Gasteiger partial charge >= 0.3 is 0 Å². The first-order chi connectivity index (χ1) is 7.58. The number of methoxy groups -OCH3 is 1. The average Bonchev–Trinajstić information content (AvgIpc) is 2.28. The van der Waals surface area contributed by atoms with Gasteiger partial charge in [0.05, 0.1) is 12.1 Å². The summed E-state index contributed by atoms with van der Waals surface area (Å²) < 4.78 is 5.07. The number of halogens is 1. The molecule has 0 radical (unpaired) electrons. The van der Waals surface area contributed by atoms with Crippen LogP contribution in [0.4, 0.5) is 0 Å². The lowest BCUT2D eigenvalue weighted by Crippen LogP contribution is -2.19. The molecule has 3 nitrogen and oxygen atoms in total. The molecule has 88 valence electrons. The van der Waals surface area contributed by atoms with Crippen molar-refractivity contribution in [3.8, 4) is 5.75 Å². The Balaban J connectivity index is 2.80. The fraction of sp³-hybridized carbons (Fsp3) is 0.417. The molecule has 0 saturated carbocycles. The van der Waals surface area contributed by atoms with Crippen molar-refractivity contribution >= 4 is 17.5 Å². The number of ether oxygens (including phenoxy) is 1. The van der Waals surface area contributed by atoms with E-state index in [0.717, 1.165) is 5.56 Å². The lowest BCUT2D eigenvalue weighted by Gasteiger charge is -2.12. The molecule has 4 heteroatoms. The highest BCUT2D eigenvalue weighted by molar-refractivity contribution is 6.32. The van der Waals surface area contributed by atoms with E-state index in [1.54, 1.807) is 14.2 Å². The third kappa shape index (κ3) is 3.14. The van der Waals surface area contributed by atoms with Crippen molar-refractivity contribution in [3.63, 3.8) is 0 Å². The van der Waals surface area contributed by atoms with E-state index in [0.29, 0.717) is 17.2 Å². The number of rotatable bonds is 4. The van der Waals surface area contributed by atoms with Crippen molar-refractivity contribution < 1.29 is 9.53 Å². The van der Waals surface area contributed by atoms with E-state index in [9.17, 15) is 4.79 Å². The second kappa shape index (κ2) is 5.75. The van der Waals surface area contributed by atoms with Crippen LogP contribution in [0.1, 0.15) is 24.8 Å². The van der Waals surface area contributed by atoms with Crippen LogP contribution in [-0.2, 0) is 4.79 Å². The molecule has 0 saturated heterocycles. The molecule has 1 aromatic carbocycles. The lowest BCUT2D eigenvalue weighted by molar-refractivity contribution is -0.120. The Hall–Kier alpha value is -1.22. The highest BCUT2D eigenvalue weighted by atomic mass is 35.5. The van der Waals surface area contributed by atoms with Crippen molar-refractivity contribution in [2.75, 3.05) is 14.2 Å². The van der Waals surface area contributed by atoms with Crippen LogP contribution >= 0.6 is 11.6 Å². The van der Waals surface area contributed by atoms with Gasteiger partial charge in [-0.2, -0.15) is 0 Å². The monoisotopic (exact) mass is 241 g/mol. The van der Waals surface area contributed by atoms with Crippen LogP contribution in [0, 0.1) is 0 Å². The SMILES string of the molecule is CNC(=O)CC(C)c1ccc(OC)c(Cl)c1. The first kappa shape index (κ1) is 12.8. The van der Waals surface area contributed by atoms with Crippen LogP contribution < -0.4 is 10.1 Å². The van der Waals surface area contributed by atoms with E-state index in [1.165, 1.54) is 0 Å². The second-order valence-electron chi connectivity index (χ2n) is 3.67. The Kier molecular flexibility index (Phi) is 4.62. The first-order valence-electron chi connectivity index (χ1n) is 5.12. The Morgan fingerprint density at radius 3 is 2.75 bits per heavy atom. The number of carbonyl (C=O) groups is 1. The molecule has 1 amide bonds. The zero-order chi connectivity index (χ0) is 12.1. The van der Waals surface area contributed by atoms with Gasteiger partial charge in [-0.05, 0) is 23.6 Å². The first-order valence-corrected chi connectivity index (χ1v) is 5.50. The maximum Gasteiger partial charge on any atom is 0.220 e. The van der Waals surface area contributed by atoms with Gasteiger partial charge in [-0.15, -0.1) is 0 Å². The number of carbonyl (C=O) groups excluding carboxylic acids is 1. The molecule has 0 heterocycles. The summed E-state index contributed by atoms with van der Waals surface area (Å²) in [7, 11) is 3.21. The summed E-state index contributed by atoms with van der Waals surface area (Å²) >= 11 is 6.02. The predicted octanol–water partition coefficient (Wildman–Crippen LogP) is 2.59. The van der Waals surface area contributed by atoms with Crippen molar-refractivity contribution in [2.45, 2.75) is 19.3 Å². The van der Waals surface area contributed by atoms with Crippen molar-refractivity contribution in [1.29, 1.82) is 0 Å². The zero-order valence-electron chi connectivity index (χ0n) is 9.71. The van der Waals surface area contributed by atoms with Crippen molar-refractivity contribution in [1.82, 2.24) is 5.32 Å². The Bertz CT molecular complexity index is 379. The maximum atomic E-state index is 11.2. The summed E-state index contributed by atoms with van der Waals surface area (Å²) in [5, 5.41) is 3.18. The minimum atomic E-state index is 0.0273. The van der Waals surface area contributed by atoms with Crippen LogP contribution in [0.25, 0.3) is 0 Å². The maximum absolute atomic E-state index is 11.2. The normalized spacial score (nSPS) is 12.0. The number of hydrogen-bond acceptors (Lipinski definition) is 2. The number of hydrogen-bond donors (Lipinski definition) is 1. The quantitative estimate of drug-likeness (QED) is 0.880. The smallest absolute Gasteiger partial charge is 0.220 e. The average molecular weight is 242 g/mol. The minimum Gasteiger partial charge on any atom is -0.495 e. The Morgan fingerprint density at radius 1 is 1.56 bits per heavy atom. The lowest BCUT2D eigenvalue weighted by atomic mass is 9.97. The molecule has 0 aliphatic rings. The molecular weight excluding hydrogens is 226 g/mol. The fourth-order valence-corrected chi connectivity index (χ4v) is 1.75. The van der Waals surface area contributed by atoms with E-state index in [1.807, 2.05) is 25.1 Å². The molecule has 1 aromatic rings. The van der Waals surface area contributed by atoms with Crippen LogP contribution in [0.3, 0.4) is 0 Å². The summed E-state index contributed by atoms with van der Waals surface area (Å²) in [5.41, 5.74) is 1.04. The summed E-state index contributed by atoms with van der Waals surface area (Å²) in [6, 6.07) is 5.59. The van der Waals surface area contributed by atoms with E-state index >= 15 is 0 Å². The highest BCUT2D eigenvalue weighted by Gasteiger charge is 2.11. The molecule has 1 rings (SSSR count). The van der Waals surface area contributed by atoms with Crippen LogP contribution in [0.2, 0.25) is 5.02 Å².